The van der Waals surface area contributed by atoms with Gasteiger partial charge in [-0.1, -0.05) is 31.5 Å². The van der Waals surface area contributed by atoms with Crippen molar-refractivity contribution in [3.8, 4) is 0 Å². The zero-order valence-electron chi connectivity index (χ0n) is 12.0. The number of aromatic amines is 1. The Balaban J connectivity index is 2.12. The number of carbonyl (C=O) groups is 1. The van der Waals surface area contributed by atoms with Gasteiger partial charge >= 0.3 is 0 Å². The number of nitrogens with two attached hydrogens (primary N) is 1. The molecule has 0 unspecified atom stereocenters. The predicted molar refractivity (Wildman–Crippen MR) is 79.9 cm³/mol. The summed E-state index contributed by atoms with van der Waals surface area (Å²) < 4.78 is 0. The van der Waals surface area contributed by atoms with Crippen LogP contribution in [0.4, 0.5) is 0 Å². The van der Waals surface area contributed by atoms with E-state index >= 15 is 0 Å². The SMILES string of the molecule is Cc1nc(CN(C)C(=O)C2(C(N)=S)CCCCC2)n[nH]1. The number of aryl methyl sites for hydroxylation is 1. The molecule has 7 heteroatoms. The van der Waals surface area contributed by atoms with Crippen molar-refractivity contribution in [1.82, 2.24) is 20.1 Å². The van der Waals surface area contributed by atoms with Gasteiger partial charge in [0.2, 0.25) is 5.91 Å². The average molecular weight is 295 g/mol. The van der Waals surface area contributed by atoms with E-state index in [0.717, 1.165) is 37.9 Å². The summed E-state index contributed by atoms with van der Waals surface area (Å²) in [7, 11) is 1.75. The number of hydrogen-bond acceptors (Lipinski definition) is 4. The summed E-state index contributed by atoms with van der Waals surface area (Å²) in [5.41, 5.74) is 5.21. The van der Waals surface area contributed by atoms with Gasteiger partial charge in [-0.25, -0.2) is 4.98 Å². The lowest BCUT2D eigenvalue weighted by atomic mass is 9.73. The Morgan fingerprint density at radius 1 is 1.45 bits per heavy atom. The minimum atomic E-state index is -0.673. The molecule has 0 aromatic carbocycles. The monoisotopic (exact) mass is 295 g/mol. The molecule has 110 valence electrons. The molecular formula is C13H21N5OS. The second kappa shape index (κ2) is 5.87. The molecule has 0 bridgehead atoms. The molecular weight excluding hydrogens is 274 g/mol. The number of hydrogen-bond donors (Lipinski definition) is 2. The number of aromatic nitrogens is 3. The summed E-state index contributed by atoms with van der Waals surface area (Å²) >= 11 is 5.18. The Hall–Kier alpha value is -1.50. The van der Waals surface area contributed by atoms with Crippen LogP contribution in [0.15, 0.2) is 0 Å². The molecule has 6 nitrogen and oxygen atoms in total. The van der Waals surface area contributed by atoms with Gasteiger partial charge in [-0.2, -0.15) is 5.10 Å². The van der Waals surface area contributed by atoms with Crippen molar-refractivity contribution in [3.63, 3.8) is 0 Å². The maximum absolute atomic E-state index is 12.8. The summed E-state index contributed by atoms with van der Waals surface area (Å²) in [4.78, 5) is 18.9. The highest BCUT2D eigenvalue weighted by Gasteiger charge is 2.44. The molecule has 0 saturated heterocycles. The molecule has 1 amide bonds. The van der Waals surface area contributed by atoms with Gasteiger partial charge in [0, 0.05) is 7.05 Å². The summed E-state index contributed by atoms with van der Waals surface area (Å²) in [6.07, 6.45) is 4.63. The molecule has 0 aliphatic heterocycles. The van der Waals surface area contributed by atoms with E-state index in [1.807, 2.05) is 6.92 Å². The molecule has 2 rings (SSSR count). The van der Waals surface area contributed by atoms with Crippen molar-refractivity contribution in [1.29, 1.82) is 0 Å². The first-order valence-electron chi connectivity index (χ1n) is 6.89. The van der Waals surface area contributed by atoms with Crippen LogP contribution in [0, 0.1) is 12.3 Å². The molecule has 1 aliphatic rings. The Morgan fingerprint density at radius 3 is 2.60 bits per heavy atom. The van der Waals surface area contributed by atoms with Gasteiger partial charge < -0.3 is 10.6 Å². The van der Waals surface area contributed by atoms with E-state index < -0.39 is 5.41 Å². The molecule has 1 heterocycles. The van der Waals surface area contributed by atoms with Crippen molar-refractivity contribution >= 4 is 23.1 Å². The van der Waals surface area contributed by atoms with Crippen molar-refractivity contribution < 1.29 is 4.79 Å². The number of carbonyl (C=O) groups excluding carboxylic acids is 1. The van der Waals surface area contributed by atoms with E-state index in [-0.39, 0.29) is 5.91 Å². The van der Waals surface area contributed by atoms with Crippen molar-refractivity contribution in [2.45, 2.75) is 45.6 Å². The lowest BCUT2D eigenvalue weighted by Gasteiger charge is -2.37. The molecule has 1 fully saturated rings. The van der Waals surface area contributed by atoms with Crippen LogP contribution >= 0.6 is 12.2 Å². The summed E-state index contributed by atoms with van der Waals surface area (Å²) in [6, 6.07) is 0. The predicted octanol–water partition coefficient (Wildman–Crippen LogP) is 1.31. The zero-order chi connectivity index (χ0) is 14.8. The highest BCUT2D eigenvalue weighted by molar-refractivity contribution is 7.80. The van der Waals surface area contributed by atoms with Gasteiger partial charge in [0.25, 0.3) is 0 Å². The Bertz CT molecular complexity index is 507. The number of H-pyrrole nitrogens is 1. The zero-order valence-corrected chi connectivity index (χ0v) is 12.8. The van der Waals surface area contributed by atoms with E-state index in [9.17, 15) is 4.79 Å². The molecule has 20 heavy (non-hydrogen) atoms. The highest BCUT2D eigenvalue weighted by Crippen LogP contribution is 2.38. The average Bonchev–Trinajstić information content (AvgIpc) is 2.83. The number of nitrogens with one attached hydrogen (secondary N) is 1. The quantitative estimate of drug-likeness (QED) is 0.818. The van der Waals surface area contributed by atoms with Crippen LogP contribution in [-0.4, -0.2) is 38.0 Å². The summed E-state index contributed by atoms with van der Waals surface area (Å²) in [5, 5.41) is 6.83. The fraction of sp³-hybridized carbons (Fsp3) is 0.692. The van der Waals surface area contributed by atoms with Crippen LogP contribution in [0.2, 0.25) is 0 Å². The van der Waals surface area contributed by atoms with Crippen LogP contribution in [-0.2, 0) is 11.3 Å². The molecule has 1 aliphatic carbocycles. The maximum Gasteiger partial charge on any atom is 0.235 e. The number of nitrogens with zero attached hydrogens (tertiary/aromatic N) is 3. The van der Waals surface area contributed by atoms with Gasteiger partial charge in [0.1, 0.15) is 5.82 Å². The first-order chi connectivity index (χ1) is 9.45. The van der Waals surface area contributed by atoms with Crippen molar-refractivity contribution in [2.75, 3.05) is 7.05 Å². The van der Waals surface area contributed by atoms with Gasteiger partial charge in [0.15, 0.2) is 5.82 Å². The first-order valence-corrected chi connectivity index (χ1v) is 7.30. The minimum Gasteiger partial charge on any atom is -0.392 e. The standard InChI is InChI=1S/C13H21N5OS/c1-9-15-10(17-16-9)8-18(2)12(19)13(11(14)20)6-4-3-5-7-13/h3-8H2,1-2H3,(H2,14,20)(H,15,16,17). The highest BCUT2D eigenvalue weighted by atomic mass is 32.1. The second-order valence-corrected chi connectivity index (χ2v) is 5.95. The number of amides is 1. The fourth-order valence-electron chi connectivity index (χ4n) is 2.83. The Kier molecular flexibility index (Phi) is 4.37. The number of thiocarbonyl (C=S) groups is 1. The smallest absolute Gasteiger partial charge is 0.235 e. The maximum atomic E-state index is 12.8. The van der Waals surface area contributed by atoms with E-state index in [0.29, 0.717) is 17.4 Å². The molecule has 1 aromatic heterocycles. The van der Waals surface area contributed by atoms with Gasteiger partial charge in [-0.15, -0.1) is 0 Å². The third-order valence-corrected chi connectivity index (χ3v) is 4.35. The molecule has 1 saturated carbocycles. The van der Waals surface area contributed by atoms with Crippen LogP contribution in [0.25, 0.3) is 0 Å². The normalized spacial score (nSPS) is 17.7. The lowest BCUT2D eigenvalue weighted by molar-refractivity contribution is -0.139. The van der Waals surface area contributed by atoms with Gasteiger partial charge in [-0.3, -0.25) is 9.89 Å². The Morgan fingerprint density at radius 2 is 2.10 bits per heavy atom. The third kappa shape index (κ3) is 2.82. The van der Waals surface area contributed by atoms with Crippen LogP contribution in [0.1, 0.15) is 43.8 Å². The topological polar surface area (TPSA) is 87.9 Å². The molecule has 3 N–H and O–H groups in total. The summed E-state index contributed by atoms with van der Waals surface area (Å²) in [6.45, 7) is 2.20. The van der Waals surface area contributed by atoms with E-state index in [2.05, 4.69) is 15.2 Å². The molecule has 0 spiro atoms. The van der Waals surface area contributed by atoms with E-state index in [4.69, 9.17) is 18.0 Å². The molecule has 0 atom stereocenters. The van der Waals surface area contributed by atoms with Gasteiger partial charge in [-0.05, 0) is 19.8 Å². The van der Waals surface area contributed by atoms with E-state index in [1.54, 1.807) is 11.9 Å². The summed E-state index contributed by atoms with van der Waals surface area (Å²) in [5.74, 6) is 1.34. The Labute approximate surface area is 124 Å². The van der Waals surface area contributed by atoms with E-state index in [1.165, 1.54) is 0 Å². The lowest BCUT2D eigenvalue weighted by Crippen LogP contribution is -2.50. The second-order valence-electron chi connectivity index (χ2n) is 5.51. The van der Waals surface area contributed by atoms with Crippen molar-refractivity contribution in [2.24, 2.45) is 11.1 Å². The van der Waals surface area contributed by atoms with Crippen molar-refractivity contribution in [3.05, 3.63) is 11.6 Å². The largest absolute Gasteiger partial charge is 0.392 e. The molecule has 1 aromatic rings. The minimum absolute atomic E-state index is 0.00727. The van der Waals surface area contributed by atoms with Gasteiger partial charge in [0.05, 0.1) is 16.9 Å². The third-order valence-electron chi connectivity index (χ3n) is 3.96. The van der Waals surface area contributed by atoms with Crippen LogP contribution in [0.5, 0.6) is 0 Å². The number of rotatable bonds is 4. The molecule has 0 radical (unpaired) electrons. The van der Waals surface area contributed by atoms with Crippen LogP contribution in [0.3, 0.4) is 0 Å². The van der Waals surface area contributed by atoms with Crippen LogP contribution < -0.4 is 5.73 Å². The first kappa shape index (κ1) is 14.9. The fourth-order valence-corrected chi connectivity index (χ4v) is 3.12.